The zero-order chi connectivity index (χ0) is 18.3. The molecule has 0 aromatic carbocycles. The highest BCUT2D eigenvalue weighted by atomic mass is 14.9. The molecule has 0 aliphatic carbocycles. The van der Waals surface area contributed by atoms with E-state index in [-0.39, 0.29) is 0 Å². The lowest BCUT2D eigenvalue weighted by atomic mass is 10.1. The summed E-state index contributed by atoms with van der Waals surface area (Å²) in [6.07, 6.45) is 26.2. The summed E-state index contributed by atoms with van der Waals surface area (Å²) < 4.78 is 2.30. The molecule has 2 heterocycles. The minimum atomic E-state index is 1.13. The molecule has 0 fully saturated rings. The fraction of sp³-hybridized carbons (Fsp3) is 0.500. The van der Waals surface area contributed by atoms with Gasteiger partial charge in [0.2, 0.25) is 0 Å². The molecule has 0 bridgehead atoms. The van der Waals surface area contributed by atoms with Crippen LogP contribution in [0.15, 0.2) is 49.1 Å². The Balaban J connectivity index is 1.56. The van der Waals surface area contributed by atoms with Gasteiger partial charge >= 0.3 is 0 Å². The second kappa shape index (κ2) is 13.3. The molecule has 2 aromatic heterocycles. The summed E-state index contributed by atoms with van der Waals surface area (Å²) in [6, 6.07) is 8.41. The molecule has 0 aliphatic rings. The quantitative estimate of drug-likeness (QED) is 0.299. The van der Waals surface area contributed by atoms with Gasteiger partial charge in [0.05, 0.1) is 0 Å². The predicted molar refractivity (Wildman–Crippen MR) is 112 cm³/mol. The van der Waals surface area contributed by atoms with E-state index < -0.39 is 0 Å². The molecule has 2 nitrogen and oxygen atoms in total. The minimum absolute atomic E-state index is 1.13. The number of nitrogens with zero attached hydrogens (tertiary/aromatic N) is 2. The van der Waals surface area contributed by atoms with Gasteiger partial charge in [0.25, 0.3) is 0 Å². The smallest absolute Gasteiger partial charge is 0.169 e. The van der Waals surface area contributed by atoms with Gasteiger partial charge in [-0.1, -0.05) is 70.4 Å². The van der Waals surface area contributed by atoms with Crippen molar-refractivity contribution in [3.63, 3.8) is 0 Å². The van der Waals surface area contributed by atoms with Crippen LogP contribution in [0.4, 0.5) is 0 Å². The van der Waals surface area contributed by atoms with Crippen LogP contribution in [-0.4, -0.2) is 4.98 Å². The van der Waals surface area contributed by atoms with Crippen LogP contribution in [0.5, 0.6) is 0 Å². The van der Waals surface area contributed by atoms with Gasteiger partial charge < -0.3 is 0 Å². The monoisotopic (exact) mass is 351 g/mol. The summed E-state index contributed by atoms with van der Waals surface area (Å²) in [7, 11) is 0. The van der Waals surface area contributed by atoms with Crippen LogP contribution in [0.3, 0.4) is 0 Å². The number of unbranched alkanes of at least 4 members (excludes halogenated alkanes) is 9. The van der Waals surface area contributed by atoms with Gasteiger partial charge in [0.1, 0.15) is 6.54 Å². The summed E-state index contributed by atoms with van der Waals surface area (Å²) in [5.74, 6) is 0. The predicted octanol–water partition coefficient (Wildman–Crippen LogP) is 6.46. The molecule has 0 unspecified atom stereocenters. The maximum absolute atomic E-state index is 4.04. The molecule has 0 saturated carbocycles. The summed E-state index contributed by atoms with van der Waals surface area (Å²) in [4.78, 5) is 4.04. The standard InChI is InChI=1S/C24H35N2/c1-2-3-4-5-6-7-8-9-10-11-20-26-21-16-24(17-22-26)13-12-23-14-18-25-19-15-23/h12-19,21-22H,2-11,20H2,1H3/q+1. The first kappa shape index (κ1) is 20.4. The molecule has 0 saturated heterocycles. The van der Waals surface area contributed by atoms with Gasteiger partial charge in [0, 0.05) is 30.9 Å². The van der Waals surface area contributed by atoms with Crippen molar-refractivity contribution in [3.05, 3.63) is 60.2 Å². The van der Waals surface area contributed by atoms with Crippen molar-refractivity contribution in [2.45, 2.75) is 77.7 Å². The van der Waals surface area contributed by atoms with Crippen LogP contribution < -0.4 is 4.57 Å². The van der Waals surface area contributed by atoms with E-state index in [0.29, 0.717) is 0 Å². The van der Waals surface area contributed by atoms with Crippen molar-refractivity contribution >= 4 is 12.2 Å². The van der Waals surface area contributed by atoms with Crippen molar-refractivity contribution in [2.24, 2.45) is 0 Å². The molecule has 2 aromatic rings. The van der Waals surface area contributed by atoms with Gasteiger partial charge in [-0.2, -0.15) is 0 Å². The molecule has 140 valence electrons. The number of aryl methyl sites for hydroxylation is 1. The van der Waals surface area contributed by atoms with Crippen LogP contribution in [0, 0.1) is 0 Å². The fourth-order valence-corrected chi connectivity index (χ4v) is 3.18. The SMILES string of the molecule is CCCCCCCCCCCC[n+]1ccc(C=Cc2ccncc2)cc1. The molecule has 2 heteroatoms. The molecule has 2 rings (SSSR count). The summed E-state index contributed by atoms with van der Waals surface area (Å²) >= 11 is 0. The van der Waals surface area contributed by atoms with E-state index in [2.05, 4.69) is 53.2 Å². The van der Waals surface area contributed by atoms with Crippen molar-refractivity contribution in [1.29, 1.82) is 0 Å². The van der Waals surface area contributed by atoms with Crippen molar-refractivity contribution in [1.82, 2.24) is 4.98 Å². The van der Waals surface area contributed by atoms with Gasteiger partial charge in [-0.25, -0.2) is 4.57 Å². The van der Waals surface area contributed by atoms with E-state index in [1.54, 1.807) is 0 Å². The highest BCUT2D eigenvalue weighted by Crippen LogP contribution is 2.10. The number of hydrogen-bond donors (Lipinski definition) is 0. The fourth-order valence-electron chi connectivity index (χ4n) is 3.18. The Kier molecular flexibility index (Phi) is 10.4. The van der Waals surface area contributed by atoms with Gasteiger partial charge in [-0.05, 0) is 29.7 Å². The van der Waals surface area contributed by atoms with Gasteiger partial charge in [-0.3, -0.25) is 4.98 Å². The molecular weight excluding hydrogens is 316 g/mol. The van der Waals surface area contributed by atoms with Crippen molar-refractivity contribution in [2.75, 3.05) is 0 Å². The lowest BCUT2D eigenvalue weighted by Crippen LogP contribution is -2.32. The Bertz CT molecular complexity index is 602. The maximum Gasteiger partial charge on any atom is 0.169 e. The van der Waals surface area contributed by atoms with Crippen LogP contribution in [0.25, 0.3) is 12.2 Å². The van der Waals surface area contributed by atoms with Crippen LogP contribution in [-0.2, 0) is 6.54 Å². The first-order chi connectivity index (χ1) is 12.9. The normalized spacial score (nSPS) is 11.3. The molecule has 0 amide bonds. The van der Waals surface area contributed by atoms with Crippen molar-refractivity contribution < 1.29 is 4.57 Å². The maximum atomic E-state index is 4.04. The third-order valence-corrected chi connectivity index (χ3v) is 4.86. The van der Waals surface area contributed by atoms with Gasteiger partial charge in [0.15, 0.2) is 12.4 Å². The lowest BCUT2D eigenvalue weighted by Gasteiger charge is -2.01. The second-order valence-corrected chi connectivity index (χ2v) is 7.17. The largest absolute Gasteiger partial charge is 0.265 e. The zero-order valence-corrected chi connectivity index (χ0v) is 16.4. The van der Waals surface area contributed by atoms with Crippen LogP contribution >= 0.6 is 0 Å². The van der Waals surface area contributed by atoms with Gasteiger partial charge in [-0.15, -0.1) is 0 Å². The van der Waals surface area contributed by atoms with Crippen LogP contribution in [0.1, 0.15) is 82.3 Å². The van der Waals surface area contributed by atoms with Crippen molar-refractivity contribution in [3.8, 4) is 0 Å². The second-order valence-electron chi connectivity index (χ2n) is 7.17. The van der Waals surface area contributed by atoms with E-state index in [0.717, 1.165) is 6.54 Å². The minimum Gasteiger partial charge on any atom is -0.265 e. The Hall–Kier alpha value is -1.96. The molecule has 0 atom stereocenters. The van der Waals surface area contributed by atoms with Crippen LogP contribution in [0.2, 0.25) is 0 Å². The number of hydrogen-bond acceptors (Lipinski definition) is 1. The first-order valence-corrected chi connectivity index (χ1v) is 10.5. The average Bonchev–Trinajstić information content (AvgIpc) is 2.69. The third kappa shape index (κ3) is 8.94. The number of pyridine rings is 2. The summed E-state index contributed by atoms with van der Waals surface area (Å²) in [5.41, 5.74) is 2.42. The van der Waals surface area contributed by atoms with E-state index >= 15 is 0 Å². The highest BCUT2D eigenvalue weighted by Gasteiger charge is 2.00. The molecule has 0 radical (unpaired) electrons. The molecule has 26 heavy (non-hydrogen) atoms. The summed E-state index contributed by atoms with van der Waals surface area (Å²) in [5, 5.41) is 0. The van der Waals surface area contributed by atoms with E-state index in [4.69, 9.17) is 0 Å². The average molecular weight is 352 g/mol. The third-order valence-electron chi connectivity index (χ3n) is 4.86. The Morgan fingerprint density at radius 3 is 1.77 bits per heavy atom. The number of rotatable bonds is 13. The number of aromatic nitrogens is 2. The Labute approximate surface area is 160 Å². The lowest BCUT2D eigenvalue weighted by molar-refractivity contribution is -0.697. The Morgan fingerprint density at radius 2 is 1.19 bits per heavy atom. The zero-order valence-electron chi connectivity index (χ0n) is 16.4. The van der Waals surface area contributed by atoms with E-state index in [9.17, 15) is 0 Å². The highest BCUT2D eigenvalue weighted by molar-refractivity contribution is 5.68. The molecule has 0 spiro atoms. The van der Waals surface area contributed by atoms with E-state index in [1.807, 2.05) is 24.5 Å². The molecule has 0 aliphatic heterocycles. The van der Waals surface area contributed by atoms with E-state index in [1.165, 1.54) is 75.3 Å². The first-order valence-electron chi connectivity index (χ1n) is 10.5. The molecule has 0 N–H and O–H groups in total. The molecular formula is C24H35N2+. The Morgan fingerprint density at radius 1 is 0.692 bits per heavy atom. The summed E-state index contributed by atoms with van der Waals surface area (Å²) in [6.45, 7) is 3.41. The topological polar surface area (TPSA) is 16.8 Å².